The molecule has 0 spiro atoms. The standard InChI is InChI=1S/C24H24N2O2/c1-16-4-3-5-18(10-16)11-24(27)26-15-21-13-20-12-19(7-9-23(20)28-21)22-8-6-17(2)14-25-22/h3-10,12,14,21H,11,13,15H2,1-2H3,(H,26,27)/t21-/m1/s1. The fraction of sp³-hybridized carbons (Fsp3) is 0.250. The van der Waals surface area contributed by atoms with Gasteiger partial charge in [-0.1, -0.05) is 35.9 Å². The first-order valence-electron chi connectivity index (χ1n) is 9.62. The Labute approximate surface area is 165 Å². The van der Waals surface area contributed by atoms with Gasteiger partial charge in [-0.2, -0.15) is 0 Å². The lowest BCUT2D eigenvalue weighted by Gasteiger charge is -2.12. The first kappa shape index (κ1) is 18.2. The average Bonchev–Trinajstić information content (AvgIpc) is 3.09. The summed E-state index contributed by atoms with van der Waals surface area (Å²) in [7, 11) is 0. The van der Waals surface area contributed by atoms with Crippen LogP contribution in [-0.4, -0.2) is 23.5 Å². The molecule has 142 valence electrons. The molecular formula is C24H24N2O2. The van der Waals surface area contributed by atoms with Crippen LogP contribution in [0.2, 0.25) is 0 Å². The van der Waals surface area contributed by atoms with Gasteiger partial charge in [0.2, 0.25) is 5.91 Å². The molecule has 1 aliphatic heterocycles. The molecule has 28 heavy (non-hydrogen) atoms. The van der Waals surface area contributed by atoms with E-state index in [0.29, 0.717) is 13.0 Å². The van der Waals surface area contributed by atoms with Crippen molar-refractivity contribution in [2.75, 3.05) is 6.54 Å². The summed E-state index contributed by atoms with van der Waals surface area (Å²) in [5, 5.41) is 3.00. The molecule has 0 saturated carbocycles. The Morgan fingerprint density at radius 1 is 1.11 bits per heavy atom. The highest BCUT2D eigenvalue weighted by Crippen LogP contribution is 2.32. The highest BCUT2D eigenvalue weighted by Gasteiger charge is 2.23. The van der Waals surface area contributed by atoms with Crippen LogP contribution in [0.4, 0.5) is 0 Å². The first-order valence-corrected chi connectivity index (χ1v) is 9.62. The van der Waals surface area contributed by atoms with Gasteiger partial charge in [0, 0.05) is 18.2 Å². The van der Waals surface area contributed by atoms with E-state index in [0.717, 1.165) is 40.1 Å². The van der Waals surface area contributed by atoms with Crippen LogP contribution < -0.4 is 10.1 Å². The number of aromatic nitrogens is 1. The first-order chi connectivity index (χ1) is 13.6. The van der Waals surface area contributed by atoms with Crippen LogP contribution in [0.5, 0.6) is 5.75 Å². The van der Waals surface area contributed by atoms with E-state index in [1.165, 1.54) is 5.56 Å². The van der Waals surface area contributed by atoms with Crippen molar-refractivity contribution in [3.8, 4) is 17.0 Å². The Morgan fingerprint density at radius 2 is 2.00 bits per heavy atom. The van der Waals surface area contributed by atoms with Crippen molar-refractivity contribution in [3.63, 3.8) is 0 Å². The van der Waals surface area contributed by atoms with Gasteiger partial charge < -0.3 is 10.1 Å². The van der Waals surface area contributed by atoms with Gasteiger partial charge in [-0.15, -0.1) is 0 Å². The van der Waals surface area contributed by atoms with Gasteiger partial charge in [0.15, 0.2) is 0 Å². The van der Waals surface area contributed by atoms with E-state index in [-0.39, 0.29) is 12.0 Å². The van der Waals surface area contributed by atoms with Crippen molar-refractivity contribution < 1.29 is 9.53 Å². The summed E-state index contributed by atoms with van der Waals surface area (Å²) in [5.41, 5.74) is 6.56. The van der Waals surface area contributed by atoms with Gasteiger partial charge >= 0.3 is 0 Å². The molecular weight excluding hydrogens is 348 g/mol. The summed E-state index contributed by atoms with van der Waals surface area (Å²) in [6, 6.07) is 18.3. The maximum absolute atomic E-state index is 12.2. The van der Waals surface area contributed by atoms with Crippen LogP contribution in [0.3, 0.4) is 0 Å². The van der Waals surface area contributed by atoms with E-state index < -0.39 is 0 Å². The number of hydrogen-bond donors (Lipinski definition) is 1. The number of aryl methyl sites for hydroxylation is 2. The molecule has 1 N–H and O–H groups in total. The molecule has 1 amide bonds. The lowest BCUT2D eigenvalue weighted by Crippen LogP contribution is -2.35. The maximum atomic E-state index is 12.2. The van der Waals surface area contributed by atoms with Crippen molar-refractivity contribution in [1.82, 2.24) is 10.3 Å². The third kappa shape index (κ3) is 4.22. The molecule has 0 radical (unpaired) electrons. The van der Waals surface area contributed by atoms with Crippen LogP contribution in [-0.2, 0) is 17.6 Å². The Hall–Kier alpha value is -3.14. The topological polar surface area (TPSA) is 51.2 Å². The van der Waals surface area contributed by atoms with E-state index in [2.05, 4.69) is 22.4 Å². The molecule has 0 aliphatic carbocycles. The minimum absolute atomic E-state index is 0.0229. The van der Waals surface area contributed by atoms with Crippen molar-refractivity contribution >= 4 is 5.91 Å². The highest BCUT2D eigenvalue weighted by molar-refractivity contribution is 5.78. The van der Waals surface area contributed by atoms with Gasteiger partial charge in [-0.3, -0.25) is 9.78 Å². The van der Waals surface area contributed by atoms with Crippen molar-refractivity contribution in [1.29, 1.82) is 0 Å². The highest BCUT2D eigenvalue weighted by atomic mass is 16.5. The lowest BCUT2D eigenvalue weighted by atomic mass is 10.0. The molecule has 1 aromatic heterocycles. The minimum atomic E-state index is -0.0299. The van der Waals surface area contributed by atoms with Gasteiger partial charge in [0.05, 0.1) is 18.7 Å². The summed E-state index contributed by atoms with van der Waals surface area (Å²) in [5.74, 6) is 0.920. The number of amides is 1. The molecule has 0 unspecified atom stereocenters. The van der Waals surface area contributed by atoms with Crippen LogP contribution in [0.15, 0.2) is 60.8 Å². The molecule has 4 nitrogen and oxygen atoms in total. The molecule has 0 fully saturated rings. The van der Waals surface area contributed by atoms with Gasteiger partial charge in [0.25, 0.3) is 0 Å². The number of nitrogens with zero attached hydrogens (tertiary/aromatic N) is 1. The number of fused-ring (bicyclic) bond motifs is 1. The van der Waals surface area contributed by atoms with Crippen molar-refractivity contribution in [2.24, 2.45) is 0 Å². The third-order valence-electron chi connectivity index (χ3n) is 4.98. The van der Waals surface area contributed by atoms with Crippen LogP contribution in [0.25, 0.3) is 11.3 Å². The molecule has 1 atom stereocenters. The predicted octanol–water partition coefficient (Wildman–Crippen LogP) is 4.03. The largest absolute Gasteiger partial charge is 0.488 e. The molecule has 2 aromatic carbocycles. The maximum Gasteiger partial charge on any atom is 0.224 e. The molecule has 2 heterocycles. The molecule has 0 bridgehead atoms. The normalized spacial score (nSPS) is 15.0. The fourth-order valence-electron chi connectivity index (χ4n) is 3.53. The van der Waals surface area contributed by atoms with Gasteiger partial charge in [-0.25, -0.2) is 0 Å². The number of benzene rings is 2. The van der Waals surface area contributed by atoms with Gasteiger partial charge in [-0.05, 0) is 54.8 Å². The second-order valence-corrected chi connectivity index (χ2v) is 7.46. The summed E-state index contributed by atoms with van der Waals surface area (Å²) >= 11 is 0. The Morgan fingerprint density at radius 3 is 2.79 bits per heavy atom. The number of hydrogen-bond acceptors (Lipinski definition) is 3. The molecule has 4 rings (SSSR count). The van der Waals surface area contributed by atoms with E-state index in [1.54, 1.807) is 0 Å². The Balaban J connectivity index is 1.34. The van der Waals surface area contributed by atoms with E-state index in [1.807, 2.05) is 62.5 Å². The molecule has 4 heteroatoms. The molecule has 1 aliphatic rings. The van der Waals surface area contributed by atoms with Crippen molar-refractivity contribution in [3.05, 3.63) is 83.0 Å². The predicted molar refractivity (Wildman–Crippen MR) is 110 cm³/mol. The zero-order chi connectivity index (χ0) is 19.5. The van der Waals surface area contributed by atoms with E-state index in [9.17, 15) is 4.79 Å². The summed E-state index contributed by atoms with van der Waals surface area (Å²) < 4.78 is 6.00. The third-order valence-corrected chi connectivity index (χ3v) is 4.98. The fourth-order valence-corrected chi connectivity index (χ4v) is 3.53. The SMILES string of the molecule is Cc1ccc(-c2ccc3c(c2)C[C@H](CNC(=O)Cc2cccc(C)c2)O3)nc1. The zero-order valence-corrected chi connectivity index (χ0v) is 16.2. The monoisotopic (exact) mass is 372 g/mol. The second kappa shape index (κ2) is 7.85. The average molecular weight is 372 g/mol. The Bertz CT molecular complexity index is 996. The number of nitrogens with one attached hydrogen (secondary N) is 1. The van der Waals surface area contributed by atoms with Crippen LogP contribution in [0, 0.1) is 13.8 Å². The second-order valence-electron chi connectivity index (χ2n) is 7.46. The lowest BCUT2D eigenvalue weighted by molar-refractivity contribution is -0.120. The quantitative estimate of drug-likeness (QED) is 0.736. The zero-order valence-electron chi connectivity index (χ0n) is 16.2. The van der Waals surface area contributed by atoms with Gasteiger partial charge in [0.1, 0.15) is 11.9 Å². The summed E-state index contributed by atoms with van der Waals surface area (Å²) in [4.78, 5) is 16.7. The number of rotatable bonds is 5. The molecule has 0 saturated heterocycles. The van der Waals surface area contributed by atoms with E-state index >= 15 is 0 Å². The minimum Gasteiger partial charge on any atom is -0.488 e. The molecule has 3 aromatic rings. The number of ether oxygens (including phenoxy) is 1. The van der Waals surface area contributed by atoms with Crippen LogP contribution >= 0.6 is 0 Å². The summed E-state index contributed by atoms with van der Waals surface area (Å²) in [6.07, 6.45) is 3.04. The number of pyridine rings is 1. The van der Waals surface area contributed by atoms with E-state index in [4.69, 9.17) is 4.74 Å². The van der Waals surface area contributed by atoms with Crippen LogP contribution in [0.1, 0.15) is 22.3 Å². The number of carbonyl (C=O) groups is 1. The number of carbonyl (C=O) groups excluding carboxylic acids is 1. The smallest absolute Gasteiger partial charge is 0.224 e. The summed E-state index contributed by atoms with van der Waals surface area (Å²) in [6.45, 7) is 4.58. The van der Waals surface area contributed by atoms with Crippen molar-refractivity contribution in [2.45, 2.75) is 32.8 Å². The Kier molecular flexibility index (Phi) is 5.11.